The molecule has 0 atom stereocenters. The van der Waals surface area contributed by atoms with Crippen molar-refractivity contribution >= 4 is 23.2 Å². The Kier molecular flexibility index (Phi) is 4.07. The van der Waals surface area contributed by atoms with Crippen molar-refractivity contribution in [2.24, 2.45) is 11.8 Å². The van der Waals surface area contributed by atoms with Crippen molar-refractivity contribution in [3.63, 3.8) is 0 Å². The van der Waals surface area contributed by atoms with E-state index in [9.17, 15) is 9.59 Å². The summed E-state index contributed by atoms with van der Waals surface area (Å²) in [5.74, 6) is 0.875. The number of anilines is 2. The molecule has 2 amide bonds. The molecular formula is C20H26N2O3. The molecule has 0 unspecified atom stereocenters. The average Bonchev–Trinajstić information content (AvgIpc) is 3.42. The summed E-state index contributed by atoms with van der Waals surface area (Å²) in [4.78, 5) is 27.4. The summed E-state index contributed by atoms with van der Waals surface area (Å²) in [5, 5.41) is 3.03. The number of benzene rings is 1. The van der Waals surface area contributed by atoms with Crippen molar-refractivity contribution in [1.29, 1.82) is 0 Å². The summed E-state index contributed by atoms with van der Waals surface area (Å²) in [6.07, 6.45) is 3.40. The monoisotopic (exact) mass is 342 g/mol. The van der Waals surface area contributed by atoms with Gasteiger partial charge in [-0.25, -0.2) is 0 Å². The molecule has 2 fully saturated rings. The van der Waals surface area contributed by atoms with Crippen LogP contribution in [0.3, 0.4) is 0 Å². The highest BCUT2D eigenvalue weighted by molar-refractivity contribution is 6.09. The number of hydrogen-bond acceptors (Lipinski definition) is 3. The lowest BCUT2D eigenvalue weighted by Gasteiger charge is -2.32. The van der Waals surface area contributed by atoms with E-state index < -0.39 is 5.41 Å². The van der Waals surface area contributed by atoms with Crippen LogP contribution in [0.2, 0.25) is 0 Å². The molecule has 1 aromatic rings. The normalized spacial score (nSPS) is 21.7. The van der Waals surface area contributed by atoms with Crippen LogP contribution in [0.15, 0.2) is 18.2 Å². The Bertz CT molecular complexity index is 703. The van der Waals surface area contributed by atoms with Crippen LogP contribution in [0.25, 0.3) is 0 Å². The number of rotatable bonds is 4. The Morgan fingerprint density at radius 1 is 1.32 bits per heavy atom. The number of hydrogen-bond donors (Lipinski definition) is 1. The zero-order valence-electron chi connectivity index (χ0n) is 15.0. The molecule has 2 heterocycles. The molecule has 0 aromatic heterocycles. The SMILES string of the molecule is CC(C)CN1C(=O)C2(CCOCC2)c2cc(NC(=O)C3CC3)ccc21. The van der Waals surface area contributed by atoms with Gasteiger partial charge in [-0.2, -0.15) is 0 Å². The largest absolute Gasteiger partial charge is 0.381 e. The Labute approximate surface area is 148 Å². The van der Waals surface area contributed by atoms with Gasteiger partial charge in [0.2, 0.25) is 11.8 Å². The van der Waals surface area contributed by atoms with Crippen molar-refractivity contribution in [1.82, 2.24) is 0 Å². The van der Waals surface area contributed by atoms with Gasteiger partial charge in [0.05, 0.1) is 5.41 Å². The Morgan fingerprint density at radius 3 is 2.68 bits per heavy atom. The molecule has 1 saturated heterocycles. The average molecular weight is 342 g/mol. The molecule has 5 nitrogen and oxygen atoms in total. The summed E-state index contributed by atoms with van der Waals surface area (Å²) < 4.78 is 5.53. The van der Waals surface area contributed by atoms with Gasteiger partial charge in [-0.3, -0.25) is 9.59 Å². The van der Waals surface area contributed by atoms with Gasteiger partial charge < -0.3 is 15.0 Å². The van der Waals surface area contributed by atoms with Gasteiger partial charge in [0, 0.05) is 37.1 Å². The topological polar surface area (TPSA) is 58.6 Å². The van der Waals surface area contributed by atoms with Crippen molar-refractivity contribution < 1.29 is 14.3 Å². The van der Waals surface area contributed by atoms with Crippen molar-refractivity contribution in [2.75, 3.05) is 30.0 Å². The fraction of sp³-hybridized carbons (Fsp3) is 0.600. The highest BCUT2D eigenvalue weighted by Gasteiger charge is 2.51. The van der Waals surface area contributed by atoms with Gasteiger partial charge in [-0.05, 0) is 55.4 Å². The van der Waals surface area contributed by atoms with E-state index >= 15 is 0 Å². The third-order valence-corrected chi connectivity index (χ3v) is 5.57. The quantitative estimate of drug-likeness (QED) is 0.915. The van der Waals surface area contributed by atoms with E-state index in [-0.39, 0.29) is 17.7 Å². The summed E-state index contributed by atoms with van der Waals surface area (Å²) in [6.45, 7) is 6.21. The van der Waals surface area contributed by atoms with Gasteiger partial charge in [-0.15, -0.1) is 0 Å². The molecular weight excluding hydrogens is 316 g/mol. The molecule has 0 bridgehead atoms. The molecule has 1 aliphatic carbocycles. The van der Waals surface area contributed by atoms with Crippen LogP contribution < -0.4 is 10.2 Å². The fourth-order valence-corrected chi connectivity index (χ4v) is 4.05. The number of ether oxygens (including phenoxy) is 1. The van der Waals surface area contributed by atoms with Crippen molar-refractivity contribution in [3.8, 4) is 0 Å². The molecule has 25 heavy (non-hydrogen) atoms. The van der Waals surface area contributed by atoms with E-state index in [1.165, 1.54) is 0 Å². The van der Waals surface area contributed by atoms with E-state index in [0.29, 0.717) is 32.0 Å². The smallest absolute Gasteiger partial charge is 0.237 e. The number of amides is 2. The maximum atomic E-state index is 13.3. The molecule has 1 saturated carbocycles. The highest BCUT2D eigenvalue weighted by atomic mass is 16.5. The van der Waals surface area contributed by atoms with E-state index in [1.54, 1.807) is 0 Å². The minimum absolute atomic E-state index is 0.101. The molecule has 1 spiro atoms. The zero-order chi connectivity index (χ0) is 17.6. The summed E-state index contributed by atoms with van der Waals surface area (Å²) in [7, 11) is 0. The third-order valence-electron chi connectivity index (χ3n) is 5.57. The maximum Gasteiger partial charge on any atom is 0.237 e. The second-order valence-corrected chi connectivity index (χ2v) is 8.00. The Morgan fingerprint density at radius 2 is 2.04 bits per heavy atom. The molecule has 2 aliphatic heterocycles. The predicted molar refractivity (Wildman–Crippen MR) is 96.7 cm³/mol. The first-order valence-corrected chi connectivity index (χ1v) is 9.36. The van der Waals surface area contributed by atoms with Gasteiger partial charge in [-0.1, -0.05) is 13.8 Å². The minimum Gasteiger partial charge on any atom is -0.381 e. The lowest BCUT2D eigenvalue weighted by molar-refractivity contribution is -0.126. The predicted octanol–water partition coefficient (Wildman–Crippen LogP) is 3.09. The van der Waals surface area contributed by atoms with Crippen molar-refractivity contribution in [3.05, 3.63) is 23.8 Å². The van der Waals surface area contributed by atoms with Crippen LogP contribution in [0.4, 0.5) is 11.4 Å². The van der Waals surface area contributed by atoms with Gasteiger partial charge in [0.1, 0.15) is 0 Å². The van der Waals surface area contributed by atoms with Crippen LogP contribution in [0.5, 0.6) is 0 Å². The van der Waals surface area contributed by atoms with Gasteiger partial charge in [0.25, 0.3) is 0 Å². The Hall–Kier alpha value is -1.88. The zero-order valence-corrected chi connectivity index (χ0v) is 15.0. The molecule has 0 radical (unpaired) electrons. The van der Waals surface area contributed by atoms with Crippen LogP contribution >= 0.6 is 0 Å². The molecule has 1 N–H and O–H groups in total. The molecule has 134 valence electrons. The number of carbonyl (C=O) groups is 2. The highest BCUT2D eigenvalue weighted by Crippen LogP contribution is 2.48. The second kappa shape index (κ2) is 6.13. The van der Waals surface area contributed by atoms with Crippen LogP contribution in [0, 0.1) is 11.8 Å². The van der Waals surface area contributed by atoms with Crippen LogP contribution in [0.1, 0.15) is 45.1 Å². The van der Waals surface area contributed by atoms with E-state index in [0.717, 1.165) is 36.3 Å². The first kappa shape index (κ1) is 16.6. The summed E-state index contributed by atoms with van der Waals surface area (Å²) in [5.41, 5.74) is 2.39. The van der Waals surface area contributed by atoms with Crippen LogP contribution in [-0.2, 0) is 19.7 Å². The van der Waals surface area contributed by atoms with Crippen LogP contribution in [-0.4, -0.2) is 31.6 Å². The standard InChI is InChI=1S/C20H26N2O3/c1-13(2)12-22-17-6-5-15(21-18(23)14-3-4-14)11-16(17)20(19(22)24)7-9-25-10-8-20/h5-6,11,13-14H,3-4,7-10,12H2,1-2H3,(H,21,23). The minimum atomic E-state index is -0.483. The van der Waals surface area contributed by atoms with Gasteiger partial charge in [0.15, 0.2) is 0 Å². The van der Waals surface area contributed by atoms with E-state index in [1.807, 2.05) is 23.1 Å². The number of fused-ring (bicyclic) bond motifs is 2. The van der Waals surface area contributed by atoms with Gasteiger partial charge >= 0.3 is 0 Å². The first-order chi connectivity index (χ1) is 12.0. The molecule has 1 aromatic carbocycles. The summed E-state index contributed by atoms with van der Waals surface area (Å²) >= 11 is 0. The molecule has 4 rings (SSSR count). The maximum absolute atomic E-state index is 13.3. The number of carbonyl (C=O) groups excluding carboxylic acids is 2. The number of nitrogens with zero attached hydrogens (tertiary/aromatic N) is 1. The van der Waals surface area contributed by atoms with E-state index in [4.69, 9.17) is 4.74 Å². The van der Waals surface area contributed by atoms with E-state index in [2.05, 4.69) is 19.2 Å². The molecule has 5 heteroatoms. The lowest BCUT2D eigenvalue weighted by atomic mass is 9.75. The number of nitrogens with one attached hydrogen (secondary N) is 1. The third kappa shape index (κ3) is 2.84. The fourth-order valence-electron chi connectivity index (χ4n) is 4.05. The second-order valence-electron chi connectivity index (χ2n) is 8.00. The first-order valence-electron chi connectivity index (χ1n) is 9.36. The summed E-state index contributed by atoms with van der Waals surface area (Å²) in [6, 6.07) is 5.96. The van der Waals surface area contributed by atoms with Crippen molar-refractivity contribution in [2.45, 2.75) is 44.9 Å². The molecule has 3 aliphatic rings. The lowest BCUT2D eigenvalue weighted by Crippen LogP contribution is -2.45. The Balaban J connectivity index is 1.71.